The van der Waals surface area contributed by atoms with E-state index in [1.807, 2.05) is 6.07 Å². The quantitative estimate of drug-likeness (QED) is 0.180. The highest BCUT2D eigenvalue weighted by atomic mass is 32.2. The summed E-state index contributed by atoms with van der Waals surface area (Å²) in [4.78, 5) is 15.4. The van der Waals surface area contributed by atoms with E-state index >= 15 is 4.39 Å². The number of ether oxygens (including phenoxy) is 2. The molecule has 12 heteroatoms. The monoisotopic (exact) mass is 555 g/mol. The van der Waals surface area contributed by atoms with E-state index in [4.69, 9.17) is 24.0 Å². The van der Waals surface area contributed by atoms with Gasteiger partial charge in [-0.2, -0.15) is 4.39 Å². The maximum atomic E-state index is 15.7. The summed E-state index contributed by atoms with van der Waals surface area (Å²) in [6.07, 6.45) is 2.27. The molecular weight excluding hydrogens is 528 g/mol. The fourth-order valence-corrected chi connectivity index (χ4v) is 4.90. The molecule has 2 aromatic carbocycles. The number of rotatable bonds is 9. The number of hydrogen-bond acceptors (Lipinski definition) is 7. The summed E-state index contributed by atoms with van der Waals surface area (Å²) in [6.45, 7) is 2.56. The lowest BCUT2D eigenvalue weighted by atomic mass is 9.98. The molecule has 0 amide bonds. The van der Waals surface area contributed by atoms with Crippen molar-refractivity contribution in [1.29, 1.82) is 0 Å². The average Bonchev–Trinajstić information content (AvgIpc) is 2.95. The number of fused-ring (bicyclic) bond motifs is 1. The molecule has 3 heterocycles. The third kappa shape index (κ3) is 6.04. The number of halogens is 2. The maximum Gasteiger partial charge on any atom is 0.231 e. The first kappa shape index (κ1) is 27.0. The van der Waals surface area contributed by atoms with Gasteiger partial charge in [-0.1, -0.05) is 18.2 Å². The van der Waals surface area contributed by atoms with Crippen molar-refractivity contribution in [2.75, 3.05) is 44.9 Å². The van der Waals surface area contributed by atoms with Crippen LogP contribution < -0.4 is 14.4 Å². The number of aromatic nitrogens is 3. The predicted molar refractivity (Wildman–Crippen MR) is 145 cm³/mol. The van der Waals surface area contributed by atoms with Gasteiger partial charge < -0.3 is 14.4 Å². The van der Waals surface area contributed by atoms with E-state index in [1.54, 1.807) is 30.3 Å². The third-order valence-corrected chi connectivity index (χ3v) is 6.95. The summed E-state index contributed by atoms with van der Waals surface area (Å²) >= 11 is -2.10. The Morgan fingerprint density at radius 3 is 2.67 bits per heavy atom. The molecule has 0 aliphatic carbocycles. The fraction of sp³-hybridized carbons (Fsp3) is 0.296. The summed E-state index contributed by atoms with van der Waals surface area (Å²) in [5, 5.41) is 0.685. The largest absolute Gasteiger partial charge is 0.494 e. The van der Waals surface area contributed by atoms with Crippen LogP contribution in [0.1, 0.15) is 12.0 Å². The zero-order chi connectivity index (χ0) is 27.4. The molecule has 204 valence electrons. The molecule has 0 saturated carbocycles. The molecule has 0 radical (unpaired) electrons. The van der Waals surface area contributed by atoms with Crippen LogP contribution in [0, 0.1) is 11.8 Å². The zero-order valence-electron chi connectivity index (χ0n) is 21.2. The van der Waals surface area contributed by atoms with Gasteiger partial charge in [0.1, 0.15) is 22.9 Å². The van der Waals surface area contributed by atoms with E-state index in [0.29, 0.717) is 89.7 Å². The van der Waals surface area contributed by atoms with Crippen molar-refractivity contribution in [2.24, 2.45) is 0 Å². The standard InChI is InChI=1S/C27H27F2N5O4S/c1-37-22-15-19(20-6-2-4-17(24(20)29)5-3-9-31-39(35)36)14-21-25(22)32-26(18-7-8-23(28)30-16-18)33-27(21)34-10-12-38-13-11-34/h2,4,6-8,14-16,31H,3,5,9-13H2,1H3,(H,35,36). The van der Waals surface area contributed by atoms with Crippen LogP contribution in [0.4, 0.5) is 14.6 Å². The summed E-state index contributed by atoms with van der Waals surface area (Å²) in [7, 11) is 1.53. The molecule has 1 atom stereocenters. The van der Waals surface area contributed by atoms with Crippen molar-refractivity contribution in [3.05, 3.63) is 66.0 Å². The van der Waals surface area contributed by atoms with Crippen LogP contribution in [-0.2, 0) is 22.4 Å². The molecule has 1 saturated heterocycles. The van der Waals surface area contributed by atoms with Gasteiger partial charge in [0.25, 0.3) is 0 Å². The lowest BCUT2D eigenvalue weighted by molar-refractivity contribution is 0.122. The molecule has 1 unspecified atom stereocenters. The Labute approximate surface area is 226 Å². The van der Waals surface area contributed by atoms with Gasteiger partial charge in [-0.15, -0.1) is 0 Å². The molecule has 39 heavy (non-hydrogen) atoms. The summed E-state index contributed by atoms with van der Waals surface area (Å²) < 4.78 is 62.5. The fourth-order valence-electron chi connectivity index (χ4n) is 4.58. The Morgan fingerprint density at radius 1 is 1.13 bits per heavy atom. The van der Waals surface area contributed by atoms with E-state index in [-0.39, 0.29) is 12.4 Å². The Bertz CT molecular complexity index is 1500. The number of anilines is 1. The van der Waals surface area contributed by atoms with Gasteiger partial charge in [0, 0.05) is 42.3 Å². The average molecular weight is 556 g/mol. The van der Waals surface area contributed by atoms with E-state index in [0.717, 1.165) is 0 Å². The summed E-state index contributed by atoms with van der Waals surface area (Å²) in [5.41, 5.74) is 2.59. The van der Waals surface area contributed by atoms with Gasteiger partial charge in [0.05, 0.1) is 20.3 Å². The molecule has 5 rings (SSSR count). The smallest absolute Gasteiger partial charge is 0.231 e. The number of morpholine rings is 1. The second-order valence-corrected chi connectivity index (χ2v) is 9.73. The molecule has 9 nitrogen and oxygen atoms in total. The molecule has 4 aromatic rings. The van der Waals surface area contributed by atoms with Gasteiger partial charge >= 0.3 is 0 Å². The highest BCUT2D eigenvalue weighted by molar-refractivity contribution is 7.77. The first-order chi connectivity index (χ1) is 18.9. The summed E-state index contributed by atoms with van der Waals surface area (Å²) in [6, 6.07) is 11.6. The van der Waals surface area contributed by atoms with Gasteiger partial charge in [-0.25, -0.2) is 28.3 Å². The van der Waals surface area contributed by atoms with Gasteiger partial charge in [0.2, 0.25) is 17.2 Å². The Hall–Kier alpha value is -3.58. The van der Waals surface area contributed by atoms with Gasteiger partial charge in [-0.3, -0.25) is 4.55 Å². The van der Waals surface area contributed by atoms with Crippen molar-refractivity contribution >= 4 is 28.0 Å². The predicted octanol–water partition coefficient (Wildman–Crippen LogP) is 4.14. The topological polar surface area (TPSA) is 110 Å². The van der Waals surface area contributed by atoms with Crippen LogP contribution in [0.5, 0.6) is 5.75 Å². The number of methoxy groups -OCH3 is 1. The van der Waals surface area contributed by atoms with Crippen LogP contribution >= 0.6 is 0 Å². The van der Waals surface area contributed by atoms with Crippen molar-refractivity contribution in [2.45, 2.75) is 12.8 Å². The van der Waals surface area contributed by atoms with Crippen molar-refractivity contribution in [1.82, 2.24) is 19.7 Å². The molecule has 2 aromatic heterocycles. The van der Waals surface area contributed by atoms with Crippen LogP contribution in [-0.4, -0.2) is 63.7 Å². The normalized spacial score (nSPS) is 14.5. The SMILES string of the molecule is COc1cc(-c2cccc(CCCNS(=O)O)c2F)cc2c(N3CCOCC3)nc(-c3ccc(F)nc3)nc12. The second-order valence-electron chi connectivity index (χ2n) is 8.94. The minimum atomic E-state index is -2.10. The van der Waals surface area contributed by atoms with E-state index < -0.39 is 17.2 Å². The van der Waals surface area contributed by atoms with Crippen molar-refractivity contribution < 1.29 is 27.0 Å². The minimum Gasteiger partial charge on any atom is -0.494 e. The Balaban J connectivity index is 1.62. The van der Waals surface area contributed by atoms with Crippen LogP contribution in [0.25, 0.3) is 33.4 Å². The van der Waals surface area contributed by atoms with Crippen LogP contribution in [0.15, 0.2) is 48.7 Å². The Kier molecular flexibility index (Phi) is 8.36. The van der Waals surface area contributed by atoms with Crippen LogP contribution in [0.3, 0.4) is 0 Å². The number of aryl methyl sites for hydroxylation is 1. The number of pyridine rings is 1. The van der Waals surface area contributed by atoms with Crippen molar-refractivity contribution in [3.8, 4) is 28.3 Å². The maximum absolute atomic E-state index is 15.7. The van der Waals surface area contributed by atoms with Gasteiger partial charge in [0.15, 0.2) is 5.82 Å². The molecule has 2 N–H and O–H groups in total. The molecule has 0 spiro atoms. The first-order valence-corrected chi connectivity index (χ1v) is 13.5. The second kappa shape index (κ2) is 12.1. The van der Waals surface area contributed by atoms with Crippen LogP contribution in [0.2, 0.25) is 0 Å². The first-order valence-electron chi connectivity index (χ1n) is 12.4. The van der Waals surface area contributed by atoms with E-state index in [2.05, 4.69) is 14.6 Å². The third-order valence-electron chi connectivity index (χ3n) is 6.50. The summed E-state index contributed by atoms with van der Waals surface area (Å²) in [5.74, 6) is 0.483. The van der Waals surface area contributed by atoms with E-state index in [1.165, 1.54) is 19.4 Å². The van der Waals surface area contributed by atoms with E-state index in [9.17, 15) is 8.60 Å². The Morgan fingerprint density at radius 2 is 1.95 bits per heavy atom. The molecular formula is C27H27F2N5O4S. The number of benzene rings is 2. The minimum absolute atomic E-state index is 0.280. The van der Waals surface area contributed by atoms with Crippen molar-refractivity contribution in [3.63, 3.8) is 0 Å². The molecule has 1 fully saturated rings. The lowest BCUT2D eigenvalue weighted by Crippen LogP contribution is -2.37. The molecule has 1 aliphatic heterocycles. The molecule has 1 aliphatic rings. The number of nitrogens with zero attached hydrogens (tertiary/aromatic N) is 4. The molecule has 0 bridgehead atoms. The number of hydrogen-bond donors (Lipinski definition) is 2. The number of nitrogens with one attached hydrogen (secondary N) is 1. The highest BCUT2D eigenvalue weighted by Gasteiger charge is 2.22. The lowest BCUT2D eigenvalue weighted by Gasteiger charge is -2.29. The van der Waals surface area contributed by atoms with Gasteiger partial charge in [-0.05, 0) is 48.2 Å². The highest BCUT2D eigenvalue weighted by Crippen LogP contribution is 2.38. The zero-order valence-corrected chi connectivity index (χ0v) is 22.0.